The minimum absolute atomic E-state index is 0.221. The van der Waals surface area contributed by atoms with Gasteiger partial charge in [-0.1, -0.05) is 31.4 Å². The summed E-state index contributed by atoms with van der Waals surface area (Å²) in [7, 11) is 2.10. The van der Waals surface area contributed by atoms with Crippen molar-refractivity contribution in [3.05, 3.63) is 29.8 Å². The first-order valence-electron chi connectivity index (χ1n) is 10.2. The summed E-state index contributed by atoms with van der Waals surface area (Å²) in [5, 5.41) is 11.5. The van der Waals surface area contributed by atoms with Crippen LogP contribution < -0.4 is 4.74 Å². The van der Waals surface area contributed by atoms with Crippen LogP contribution in [0.2, 0.25) is 0 Å². The van der Waals surface area contributed by atoms with Crippen molar-refractivity contribution >= 4 is 0 Å². The van der Waals surface area contributed by atoms with E-state index in [-0.39, 0.29) is 11.7 Å². The maximum absolute atomic E-state index is 12.7. The Balaban J connectivity index is 1.85. The molecule has 158 valence electrons. The van der Waals surface area contributed by atoms with Gasteiger partial charge in [0.05, 0.1) is 5.60 Å². The predicted octanol–water partition coefficient (Wildman–Crippen LogP) is 4.00. The third-order valence-electron chi connectivity index (χ3n) is 6.35. The van der Waals surface area contributed by atoms with Crippen LogP contribution in [0.5, 0.6) is 5.75 Å². The van der Waals surface area contributed by atoms with Crippen molar-refractivity contribution in [2.45, 2.75) is 63.0 Å². The zero-order chi connectivity index (χ0) is 20.4. The molecule has 1 saturated carbocycles. The summed E-state index contributed by atoms with van der Waals surface area (Å²) < 4.78 is 42.1. The lowest BCUT2D eigenvalue weighted by molar-refractivity contribution is -0.274. The van der Waals surface area contributed by atoms with E-state index < -0.39 is 12.0 Å². The van der Waals surface area contributed by atoms with Crippen molar-refractivity contribution in [2.75, 3.05) is 33.2 Å². The summed E-state index contributed by atoms with van der Waals surface area (Å²) >= 11 is 0. The third-order valence-corrected chi connectivity index (χ3v) is 6.35. The van der Waals surface area contributed by atoms with Crippen LogP contribution in [0.15, 0.2) is 24.3 Å². The van der Waals surface area contributed by atoms with Crippen molar-refractivity contribution in [1.29, 1.82) is 0 Å². The van der Waals surface area contributed by atoms with E-state index in [0.717, 1.165) is 44.5 Å². The number of aliphatic hydroxyl groups is 1. The van der Waals surface area contributed by atoms with E-state index in [4.69, 9.17) is 0 Å². The molecule has 1 heterocycles. The minimum Gasteiger partial charge on any atom is -0.406 e. The zero-order valence-corrected chi connectivity index (χ0v) is 16.7. The quantitative estimate of drug-likeness (QED) is 0.811. The average Bonchev–Trinajstić information content (AvgIpc) is 2.62. The number of alkyl halides is 3. The van der Waals surface area contributed by atoms with E-state index in [2.05, 4.69) is 28.5 Å². The maximum atomic E-state index is 12.7. The van der Waals surface area contributed by atoms with Crippen LogP contribution in [0.4, 0.5) is 13.2 Å². The van der Waals surface area contributed by atoms with Crippen molar-refractivity contribution in [1.82, 2.24) is 9.80 Å². The topological polar surface area (TPSA) is 35.9 Å². The van der Waals surface area contributed by atoms with E-state index in [9.17, 15) is 18.3 Å². The molecule has 1 aromatic carbocycles. The molecule has 1 N–H and O–H groups in total. The molecule has 0 bridgehead atoms. The van der Waals surface area contributed by atoms with Crippen LogP contribution >= 0.6 is 0 Å². The molecular formula is C21H31F3N2O2. The Morgan fingerprint density at radius 1 is 1.21 bits per heavy atom. The molecule has 7 heteroatoms. The van der Waals surface area contributed by atoms with Crippen molar-refractivity contribution in [3.63, 3.8) is 0 Å². The summed E-state index contributed by atoms with van der Waals surface area (Å²) in [6, 6.07) is 6.58. The number of likely N-dealkylation sites (N-methyl/N-ethyl adjacent to an activating group) is 1. The van der Waals surface area contributed by atoms with E-state index >= 15 is 0 Å². The Kier molecular flexibility index (Phi) is 6.57. The Bertz CT molecular complexity index is 647. The summed E-state index contributed by atoms with van der Waals surface area (Å²) in [5.74, 6) is -0.457. The second-order valence-corrected chi connectivity index (χ2v) is 8.43. The highest BCUT2D eigenvalue weighted by Gasteiger charge is 2.40. The molecule has 4 nitrogen and oxygen atoms in total. The van der Waals surface area contributed by atoms with Gasteiger partial charge in [0.1, 0.15) is 5.75 Å². The molecule has 1 aliphatic heterocycles. The van der Waals surface area contributed by atoms with Crippen LogP contribution in [0.1, 0.15) is 50.5 Å². The SMILES string of the molecule is C[C@H]1CN(C[C@H](c2cccc(OC(F)(F)F)c2)C2(O)CCCCC2)CCN1C. The number of rotatable bonds is 5. The average molecular weight is 400 g/mol. The molecule has 0 radical (unpaired) electrons. The van der Waals surface area contributed by atoms with E-state index in [1.165, 1.54) is 12.1 Å². The lowest BCUT2D eigenvalue weighted by Gasteiger charge is -2.44. The van der Waals surface area contributed by atoms with E-state index in [1.54, 1.807) is 6.07 Å². The molecule has 0 amide bonds. The molecule has 2 atom stereocenters. The third kappa shape index (κ3) is 5.39. The molecule has 1 aliphatic carbocycles. The van der Waals surface area contributed by atoms with Gasteiger partial charge in [-0.3, -0.25) is 4.90 Å². The second-order valence-electron chi connectivity index (χ2n) is 8.43. The second kappa shape index (κ2) is 8.59. The van der Waals surface area contributed by atoms with E-state index in [1.807, 2.05) is 6.07 Å². The van der Waals surface area contributed by atoms with Gasteiger partial charge in [0.25, 0.3) is 0 Å². The fourth-order valence-electron chi connectivity index (χ4n) is 4.57. The Labute approximate surface area is 165 Å². The number of piperazine rings is 1. The molecular weight excluding hydrogens is 369 g/mol. The fourth-order valence-corrected chi connectivity index (χ4v) is 4.57. The lowest BCUT2D eigenvalue weighted by Crippen LogP contribution is -2.53. The van der Waals surface area contributed by atoms with Gasteiger partial charge in [0, 0.05) is 38.1 Å². The smallest absolute Gasteiger partial charge is 0.406 e. The number of benzene rings is 1. The molecule has 0 spiro atoms. The number of ether oxygens (including phenoxy) is 1. The van der Waals surface area contributed by atoms with Gasteiger partial charge < -0.3 is 14.7 Å². The number of hydrogen-bond donors (Lipinski definition) is 1. The van der Waals surface area contributed by atoms with Gasteiger partial charge >= 0.3 is 6.36 Å². The zero-order valence-electron chi connectivity index (χ0n) is 16.7. The minimum atomic E-state index is -4.72. The van der Waals surface area contributed by atoms with E-state index in [0.29, 0.717) is 25.4 Å². The van der Waals surface area contributed by atoms with Gasteiger partial charge in [-0.05, 0) is 44.5 Å². The highest BCUT2D eigenvalue weighted by atomic mass is 19.4. The first-order chi connectivity index (χ1) is 13.2. The number of halogens is 3. The molecule has 0 aromatic heterocycles. The molecule has 1 saturated heterocycles. The fraction of sp³-hybridized carbons (Fsp3) is 0.714. The summed E-state index contributed by atoms with van der Waals surface area (Å²) in [6.45, 7) is 5.55. The molecule has 2 fully saturated rings. The summed E-state index contributed by atoms with van der Waals surface area (Å²) in [6.07, 6.45) is -0.354. The molecule has 28 heavy (non-hydrogen) atoms. The van der Waals surface area contributed by atoms with Crippen molar-refractivity contribution in [2.24, 2.45) is 0 Å². The van der Waals surface area contributed by atoms with Gasteiger partial charge in [-0.2, -0.15) is 0 Å². The maximum Gasteiger partial charge on any atom is 0.573 e. The molecule has 2 aliphatic rings. The summed E-state index contributed by atoms with van der Waals surface area (Å²) in [5.41, 5.74) is -0.167. The standard InChI is InChI=1S/C21H31F3N2O2/c1-16-14-26(12-11-25(16)2)15-19(20(27)9-4-3-5-10-20)17-7-6-8-18(13-17)28-21(22,23)24/h6-8,13,16,19,27H,3-5,9-12,14-15H2,1-2H3/t16-,19+/m0/s1. The number of hydrogen-bond acceptors (Lipinski definition) is 4. The normalized spacial score (nSPS) is 25.4. The monoisotopic (exact) mass is 400 g/mol. The molecule has 3 rings (SSSR count). The Hall–Kier alpha value is -1.31. The van der Waals surface area contributed by atoms with Crippen LogP contribution in [-0.4, -0.2) is 66.1 Å². The highest BCUT2D eigenvalue weighted by molar-refractivity contribution is 5.33. The van der Waals surface area contributed by atoms with Gasteiger partial charge in [-0.25, -0.2) is 0 Å². The van der Waals surface area contributed by atoms with Gasteiger partial charge in [-0.15, -0.1) is 13.2 Å². The lowest BCUT2D eigenvalue weighted by atomic mass is 9.72. The summed E-state index contributed by atoms with van der Waals surface area (Å²) in [4.78, 5) is 4.64. The van der Waals surface area contributed by atoms with Crippen LogP contribution in [0.25, 0.3) is 0 Å². The molecule has 1 aromatic rings. The number of nitrogens with zero attached hydrogens (tertiary/aromatic N) is 2. The highest BCUT2D eigenvalue weighted by Crippen LogP contribution is 2.41. The Morgan fingerprint density at radius 2 is 1.93 bits per heavy atom. The predicted molar refractivity (Wildman–Crippen MR) is 102 cm³/mol. The van der Waals surface area contributed by atoms with Gasteiger partial charge in [0.15, 0.2) is 0 Å². The van der Waals surface area contributed by atoms with Gasteiger partial charge in [0.2, 0.25) is 0 Å². The largest absolute Gasteiger partial charge is 0.573 e. The van der Waals surface area contributed by atoms with Crippen molar-refractivity contribution < 1.29 is 23.0 Å². The van der Waals surface area contributed by atoms with Crippen molar-refractivity contribution in [3.8, 4) is 5.75 Å². The first kappa shape index (κ1) is 21.4. The molecule has 0 unspecified atom stereocenters. The van der Waals surface area contributed by atoms with Crippen LogP contribution in [0, 0.1) is 0 Å². The first-order valence-corrected chi connectivity index (χ1v) is 10.2. The van der Waals surface area contributed by atoms with Crippen LogP contribution in [-0.2, 0) is 0 Å². The van der Waals surface area contributed by atoms with Crippen LogP contribution in [0.3, 0.4) is 0 Å². The Morgan fingerprint density at radius 3 is 2.57 bits per heavy atom.